The minimum Gasteiger partial charge on any atom is -0.480 e. The van der Waals surface area contributed by atoms with Crippen molar-refractivity contribution in [3.05, 3.63) is 53.5 Å². The first-order valence-corrected chi connectivity index (χ1v) is 6.97. The van der Waals surface area contributed by atoms with Gasteiger partial charge in [0.05, 0.1) is 13.2 Å². The number of ether oxygens (including phenoxy) is 1. The lowest BCUT2D eigenvalue weighted by Gasteiger charge is -2.29. The number of nitrogens with zero attached hydrogens (tertiary/aromatic N) is 2. The first-order valence-electron chi connectivity index (χ1n) is 6.97. The van der Waals surface area contributed by atoms with E-state index in [0.29, 0.717) is 11.8 Å². The van der Waals surface area contributed by atoms with Crippen molar-refractivity contribution in [2.45, 2.75) is 25.3 Å². The summed E-state index contributed by atoms with van der Waals surface area (Å²) in [7, 11) is 1.61. The van der Waals surface area contributed by atoms with E-state index in [1.165, 1.54) is 11.1 Å². The summed E-state index contributed by atoms with van der Waals surface area (Å²) in [5.74, 6) is 0.925. The summed E-state index contributed by atoms with van der Waals surface area (Å²) >= 11 is 0. The summed E-state index contributed by atoms with van der Waals surface area (Å²) in [5.41, 5.74) is 10.0. The summed E-state index contributed by atoms with van der Waals surface area (Å²) in [6.45, 7) is 0. The number of benzene rings is 1. The van der Waals surface area contributed by atoms with Crippen LogP contribution in [0.2, 0.25) is 0 Å². The number of nitrogens with two attached hydrogens (primary N) is 1. The lowest BCUT2D eigenvalue weighted by molar-refractivity contribution is 0.344. The molecule has 0 saturated heterocycles. The standard InChI is InChI=1S/C16H19N3O/c1-20-16-15(18-8-9-19-16)14(17)13-7-6-11-4-2-3-5-12(11)10-13/h2-5,8-9,13-14H,6-7,10,17H2,1H3. The first-order chi connectivity index (χ1) is 9.79. The summed E-state index contributed by atoms with van der Waals surface area (Å²) in [6, 6.07) is 8.47. The molecule has 0 amide bonds. The van der Waals surface area contributed by atoms with Crippen LogP contribution in [0.15, 0.2) is 36.7 Å². The van der Waals surface area contributed by atoms with Gasteiger partial charge >= 0.3 is 0 Å². The van der Waals surface area contributed by atoms with Gasteiger partial charge in [-0.25, -0.2) is 4.98 Å². The maximum absolute atomic E-state index is 6.42. The van der Waals surface area contributed by atoms with Crippen molar-refractivity contribution in [2.24, 2.45) is 11.7 Å². The van der Waals surface area contributed by atoms with E-state index in [0.717, 1.165) is 25.0 Å². The van der Waals surface area contributed by atoms with Crippen molar-refractivity contribution in [2.75, 3.05) is 7.11 Å². The molecule has 0 fully saturated rings. The number of hydrogen-bond acceptors (Lipinski definition) is 4. The molecule has 0 spiro atoms. The Morgan fingerprint density at radius 2 is 1.95 bits per heavy atom. The van der Waals surface area contributed by atoms with Crippen molar-refractivity contribution >= 4 is 0 Å². The van der Waals surface area contributed by atoms with E-state index >= 15 is 0 Å². The van der Waals surface area contributed by atoms with Crippen molar-refractivity contribution in [1.29, 1.82) is 0 Å². The summed E-state index contributed by atoms with van der Waals surface area (Å²) in [4.78, 5) is 8.56. The van der Waals surface area contributed by atoms with Crippen molar-refractivity contribution in [1.82, 2.24) is 9.97 Å². The molecule has 0 radical (unpaired) electrons. The second-order valence-corrected chi connectivity index (χ2v) is 5.25. The van der Waals surface area contributed by atoms with Crippen LogP contribution in [0.4, 0.5) is 0 Å². The van der Waals surface area contributed by atoms with Crippen LogP contribution in [0.25, 0.3) is 0 Å². The minimum absolute atomic E-state index is 0.132. The van der Waals surface area contributed by atoms with Crippen LogP contribution < -0.4 is 10.5 Å². The molecule has 3 rings (SSSR count). The topological polar surface area (TPSA) is 61.0 Å². The molecule has 20 heavy (non-hydrogen) atoms. The van der Waals surface area contributed by atoms with Crippen LogP contribution >= 0.6 is 0 Å². The maximum atomic E-state index is 6.42. The van der Waals surface area contributed by atoms with E-state index in [4.69, 9.17) is 10.5 Å². The predicted molar refractivity (Wildman–Crippen MR) is 77.5 cm³/mol. The second kappa shape index (κ2) is 5.59. The molecule has 4 heteroatoms. The lowest BCUT2D eigenvalue weighted by Crippen LogP contribution is -2.28. The molecule has 0 aliphatic heterocycles. The molecule has 104 valence electrons. The molecule has 1 aromatic heterocycles. The molecular weight excluding hydrogens is 250 g/mol. The molecule has 0 saturated carbocycles. The number of hydrogen-bond donors (Lipinski definition) is 1. The minimum atomic E-state index is -0.132. The molecule has 1 aliphatic rings. The Bertz CT molecular complexity index is 600. The number of methoxy groups -OCH3 is 1. The highest BCUT2D eigenvalue weighted by molar-refractivity contribution is 5.31. The molecule has 4 nitrogen and oxygen atoms in total. The maximum Gasteiger partial charge on any atom is 0.236 e. The van der Waals surface area contributed by atoms with E-state index in [-0.39, 0.29) is 6.04 Å². The fourth-order valence-corrected chi connectivity index (χ4v) is 2.98. The third kappa shape index (κ3) is 2.39. The number of aryl methyl sites for hydroxylation is 1. The number of aromatic nitrogens is 2. The average Bonchev–Trinajstić information content (AvgIpc) is 2.53. The van der Waals surface area contributed by atoms with Gasteiger partial charge in [0.15, 0.2) is 0 Å². The van der Waals surface area contributed by atoms with Crippen LogP contribution in [-0.4, -0.2) is 17.1 Å². The van der Waals surface area contributed by atoms with Gasteiger partial charge in [-0.15, -0.1) is 0 Å². The van der Waals surface area contributed by atoms with Gasteiger partial charge in [-0.3, -0.25) is 4.98 Å². The van der Waals surface area contributed by atoms with E-state index < -0.39 is 0 Å². The Hall–Kier alpha value is -1.94. The highest BCUT2D eigenvalue weighted by Crippen LogP contribution is 2.34. The Kier molecular flexibility index (Phi) is 3.65. The number of fused-ring (bicyclic) bond motifs is 1. The molecule has 1 aromatic carbocycles. The SMILES string of the molecule is COc1nccnc1C(N)C1CCc2ccccc2C1. The summed E-state index contributed by atoms with van der Waals surface area (Å²) in [5, 5.41) is 0. The van der Waals surface area contributed by atoms with Crippen LogP contribution in [0.1, 0.15) is 29.3 Å². The van der Waals surface area contributed by atoms with E-state index in [1.54, 1.807) is 19.5 Å². The summed E-state index contributed by atoms with van der Waals surface area (Å²) in [6.07, 6.45) is 6.46. The largest absolute Gasteiger partial charge is 0.480 e. The van der Waals surface area contributed by atoms with Crippen LogP contribution in [-0.2, 0) is 12.8 Å². The quantitative estimate of drug-likeness (QED) is 0.928. The monoisotopic (exact) mass is 269 g/mol. The predicted octanol–water partition coefficient (Wildman–Crippen LogP) is 2.29. The molecule has 2 aromatic rings. The third-order valence-electron chi connectivity index (χ3n) is 4.09. The van der Waals surface area contributed by atoms with Crippen LogP contribution in [0, 0.1) is 5.92 Å². The Morgan fingerprint density at radius 3 is 2.75 bits per heavy atom. The van der Waals surface area contributed by atoms with Gasteiger partial charge in [0.25, 0.3) is 0 Å². The highest BCUT2D eigenvalue weighted by atomic mass is 16.5. The smallest absolute Gasteiger partial charge is 0.236 e. The fraction of sp³-hybridized carbons (Fsp3) is 0.375. The van der Waals surface area contributed by atoms with Gasteiger partial charge in [-0.1, -0.05) is 24.3 Å². The van der Waals surface area contributed by atoms with Gasteiger partial charge in [-0.05, 0) is 36.3 Å². The molecule has 0 bridgehead atoms. The molecule has 2 N–H and O–H groups in total. The van der Waals surface area contributed by atoms with Crippen molar-refractivity contribution in [3.63, 3.8) is 0 Å². The highest BCUT2D eigenvalue weighted by Gasteiger charge is 2.27. The van der Waals surface area contributed by atoms with Crippen LogP contribution in [0.5, 0.6) is 5.88 Å². The van der Waals surface area contributed by atoms with Gasteiger partial charge in [0.1, 0.15) is 5.69 Å². The fourth-order valence-electron chi connectivity index (χ4n) is 2.98. The Labute approximate surface area is 119 Å². The molecule has 2 unspecified atom stereocenters. The third-order valence-corrected chi connectivity index (χ3v) is 4.09. The van der Waals surface area contributed by atoms with E-state index in [1.807, 2.05) is 0 Å². The van der Waals surface area contributed by atoms with Gasteiger partial charge in [-0.2, -0.15) is 0 Å². The van der Waals surface area contributed by atoms with Crippen molar-refractivity contribution < 1.29 is 4.74 Å². The lowest BCUT2D eigenvalue weighted by atomic mass is 9.79. The molecule has 2 atom stereocenters. The van der Waals surface area contributed by atoms with Crippen molar-refractivity contribution in [3.8, 4) is 5.88 Å². The number of rotatable bonds is 3. The molecule has 1 heterocycles. The zero-order valence-corrected chi connectivity index (χ0v) is 11.6. The zero-order valence-electron chi connectivity index (χ0n) is 11.6. The van der Waals surface area contributed by atoms with Gasteiger partial charge in [0, 0.05) is 12.4 Å². The van der Waals surface area contributed by atoms with Gasteiger partial charge < -0.3 is 10.5 Å². The zero-order chi connectivity index (χ0) is 13.9. The Morgan fingerprint density at radius 1 is 1.20 bits per heavy atom. The summed E-state index contributed by atoms with van der Waals surface area (Å²) < 4.78 is 5.27. The van der Waals surface area contributed by atoms with Gasteiger partial charge in [0.2, 0.25) is 5.88 Å². The molecule has 1 aliphatic carbocycles. The normalized spacial score (nSPS) is 19.2. The van der Waals surface area contributed by atoms with Crippen LogP contribution in [0.3, 0.4) is 0 Å². The average molecular weight is 269 g/mol. The van der Waals surface area contributed by atoms with E-state index in [2.05, 4.69) is 34.2 Å². The Balaban J connectivity index is 1.84. The molecular formula is C16H19N3O. The van der Waals surface area contributed by atoms with E-state index in [9.17, 15) is 0 Å². The second-order valence-electron chi connectivity index (χ2n) is 5.25. The first kappa shape index (κ1) is 13.1.